The second-order valence-corrected chi connectivity index (χ2v) is 8.35. The average molecular weight is 425 g/mol. The van der Waals surface area contributed by atoms with Crippen molar-refractivity contribution in [3.8, 4) is 0 Å². The molecule has 2 aromatic rings. The number of nitrogens with one attached hydrogen (secondary N) is 1. The van der Waals surface area contributed by atoms with Crippen LogP contribution in [0.3, 0.4) is 0 Å². The molecule has 1 saturated heterocycles. The first-order chi connectivity index (χ1) is 14.6. The number of fused-ring (bicyclic) bond motifs is 1. The van der Waals surface area contributed by atoms with E-state index in [4.69, 9.17) is 0 Å². The lowest BCUT2D eigenvalue weighted by Gasteiger charge is -2.28. The second-order valence-electron chi connectivity index (χ2n) is 7.39. The van der Waals surface area contributed by atoms with Crippen molar-refractivity contribution < 1.29 is 14.4 Å². The summed E-state index contributed by atoms with van der Waals surface area (Å²) in [4.78, 5) is 44.3. The number of hydrogen-bond donors (Lipinski definition) is 1. The molecule has 3 amide bonds. The van der Waals surface area contributed by atoms with Gasteiger partial charge in [0.15, 0.2) is 0 Å². The van der Waals surface area contributed by atoms with E-state index in [0.717, 1.165) is 35.7 Å². The van der Waals surface area contributed by atoms with E-state index in [1.807, 2.05) is 29.2 Å². The number of likely N-dealkylation sites (tertiary alicyclic amines) is 1. The number of thioether (sulfide) groups is 1. The Labute approximate surface area is 179 Å². The van der Waals surface area contributed by atoms with Gasteiger partial charge in [-0.2, -0.15) is 0 Å². The van der Waals surface area contributed by atoms with Crippen molar-refractivity contribution in [1.82, 2.24) is 15.2 Å². The van der Waals surface area contributed by atoms with Crippen molar-refractivity contribution in [2.75, 3.05) is 30.3 Å². The van der Waals surface area contributed by atoms with E-state index < -0.39 is 0 Å². The molecule has 0 radical (unpaired) electrons. The van der Waals surface area contributed by atoms with Gasteiger partial charge in [-0.3, -0.25) is 14.4 Å². The Morgan fingerprint density at radius 3 is 2.73 bits per heavy atom. The topological polar surface area (TPSA) is 82.6 Å². The summed E-state index contributed by atoms with van der Waals surface area (Å²) < 4.78 is 0. The van der Waals surface area contributed by atoms with Crippen LogP contribution in [0, 0.1) is 0 Å². The minimum atomic E-state index is -0.130. The van der Waals surface area contributed by atoms with Gasteiger partial charge in [-0.15, -0.1) is 0 Å². The Balaban J connectivity index is 1.30. The summed E-state index contributed by atoms with van der Waals surface area (Å²) in [6.45, 7) is 2.50. The SMILES string of the molecule is O=C(NCCCN1CCCC1=O)c1ccc(CN2C(=O)CSc3ncccc32)cc1. The molecule has 7 nitrogen and oxygen atoms in total. The van der Waals surface area contributed by atoms with Crippen molar-refractivity contribution in [1.29, 1.82) is 0 Å². The minimum absolute atomic E-state index is 0.0544. The molecule has 30 heavy (non-hydrogen) atoms. The number of anilines is 1. The maximum absolute atomic E-state index is 12.4. The van der Waals surface area contributed by atoms with Crippen LogP contribution in [0.2, 0.25) is 0 Å². The summed E-state index contributed by atoms with van der Waals surface area (Å²) >= 11 is 1.46. The van der Waals surface area contributed by atoms with Crippen LogP contribution in [0.4, 0.5) is 5.69 Å². The third-order valence-corrected chi connectivity index (χ3v) is 6.27. The summed E-state index contributed by atoms with van der Waals surface area (Å²) in [6.07, 6.45) is 4.05. The van der Waals surface area contributed by atoms with E-state index in [-0.39, 0.29) is 17.7 Å². The lowest BCUT2D eigenvalue weighted by molar-refractivity contribution is -0.127. The Hall–Kier alpha value is -2.87. The molecular weight excluding hydrogens is 400 g/mol. The van der Waals surface area contributed by atoms with Crippen LogP contribution in [0.5, 0.6) is 0 Å². The van der Waals surface area contributed by atoms with Gasteiger partial charge in [0.25, 0.3) is 5.91 Å². The van der Waals surface area contributed by atoms with Crippen LogP contribution < -0.4 is 10.2 Å². The highest BCUT2D eigenvalue weighted by atomic mass is 32.2. The Morgan fingerprint density at radius 1 is 1.13 bits per heavy atom. The lowest BCUT2D eigenvalue weighted by atomic mass is 10.1. The highest BCUT2D eigenvalue weighted by molar-refractivity contribution is 8.00. The highest BCUT2D eigenvalue weighted by Gasteiger charge is 2.25. The smallest absolute Gasteiger partial charge is 0.251 e. The molecule has 2 aliphatic rings. The van der Waals surface area contributed by atoms with Gasteiger partial charge in [-0.25, -0.2) is 4.98 Å². The normalized spacial score (nSPS) is 16.0. The zero-order valence-electron chi connectivity index (χ0n) is 16.7. The van der Waals surface area contributed by atoms with E-state index in [9.17, 15) is 14.4 Å². The monoisotopic (exact) mass is 424 g/mol. The van der Waals surface area contributed by atoms with E-state index >= 15 is 0 Å². The van der Waals surface area contributed by atoms with Gasteiger partial charge in [0.1, 0.15) is 5.03 Å². The van der Waals surface area contributed by atoms with Gasteiger partial charge in [0, 0.05) is 37.8 Å². The summed E-state index contributed by atoms with van der Waals surface area (Å²) in [7, 11) is 0. The van der Waals surface area contributed by atoms with E-state index in [1.165, 1.54) is 11.8 Å². The van der Waals surface area contributed by atoms with E-state index in [0.29, 0.717) is 37.4 Å². The third kappa shape index (κ3) is 4.64. The molecule has 1 aromatic carbocycles. The Kier molecular flexibility index (Phi) is 6.32. The first-order valence-corrected chi connectivity index (χ1v) is 11.1. The van der Waals surface area contributed by atoms with Crippen LogP contribution in [-0.2, 0) is 16.1 Å². The number of carbonyl (C=O) groups excluding carboxylic acids is 3. The number of amides is 3. The van der Waals surface area contributed by atoms with E-state index in [2.05, 4.69) is 10.3 Å². The average Bonchev–Trinajstić information content (AvgIpc) is 3.18. The predicted molar refractivity (Wildman–Crippen MR) is 115 cm³/mol. The van der Waals surface area contributed by atoms with Gasteiger partial charge in [-0.1, -0.05) is 23.9 Å². The fourth-order valence-electron chi connectivity index (χ4n) is 3.67. The third-order valence-electron chi connectivity index (χ3n) is 5.29. The number of rotatable bonds is 7. The van der Waals surface area contributed by atoms with Gasteiger partial charge in [-0.05, 0) is 42.7 Å². The van der Waals surface area contributed by atoms with Crippen molar-refractivity contribution in [2.45, 2.75) is 30.8 Å². The maximum atomic E-state index is 12.4. The molecule has 0 aliphatic carbocycles. The molecule has 156 valence electrons. The van der Waals surface area contributed by atoms with Crippen LogP contribution in [0.15, 0.2) is 47.6 Å². The largest absolute Gasteiger partial charge is 0.352 e. The molecule has 2 aliphatic heterocycles. The minimum Gasteiger partial charge on any atom is -0.352 e. The lowest BCUT2D eigenvalue weighted by Crippen LogP contribution is -2.35. The summed E-state index contributed by atoms with van der Waals surface area (Å²) in [6, 6.07) is 11.1. The van der Waals surface area contributed by atoms with Crippen LogP contribution in [-0.4, -0.2) is 53.0 Å². The van der Waals surface area contributed by atoms with Crippen LogP contribution >= 0.6 is 11.8 Å². The molecule has 0 bridgehead atoms. The number of carbonyl (C=O) groups is 3. The maximum Gasteiger partial charge on any atom is 0.251 e. The predicted octanol–water partition coefficient (Wildman–Crippen LogP) is 2.46. The van der Waals surface area contributed by atoms with Gasteiger partial charge in [0.2, 0.25) is 11.8 Å². The van der Waals surface area contributed by atoms with Crippen molar-refractivity contribution in [3.63, 3.8) is 0 Å². The Morgan fingerprint density at radius 2 is 1.97 bits per heavy atom. The molecule has 3 heterocycles. The number of hydrogen-bond acceptors (Lipinski definition) is 5. The fourth-order valence-corrected chi connectivity index (χ4v) is 4.55. The Bertz CT molecular complexity index is 948. The molecule has 0 unspecified atom stereocenters. The first-order valence-electron chi connectivity index (χ1n) is 10.1. The molecule has 8 heteroatoms. The molecule has 4 rings (SSSR count). The zero-order valence-corrected chi connectivity index (χ0v) is 17.5. The van der Waals surface area contributed by atoms with Gasteiger partial charge >= 0.3 is 0 Å². The summed E-state index contributed by atoms with van der Waals surface area (Å²) in [5.74, 6) is 0.516. The fraction of sp³-hybridized carbons (Fsp3) is 0.364. The molecular formula is C22H24N4O3S. The molecule has 1 fully saturated rings. The quantitative estimate of drug-likeness (QED) is 0.691. The van der Waals surface area contributed by atoms with Gasteiger partial charge < -0.3 is 15.1 Å². The molecule has 1 N–H and O–H groups in total. The van der Waals surface area contributed by atoms with Crippen molar-refractivity contribution in [2.24, 2.45) is 0 Å². The standard InChI is InChI=1S/C22H24N4O3S/c27-19-5-2-12-25(19)13-3-11-23-21(29)17-8-6-16(7-9-17)14-26-18-4-1-10-24-22(18)30-15-20(26)28/h1,4,6-10H,2-3,5,11-15H2,(H,23,29). The summed E-state index contributed by atoms with van der Waals surface area (Å²) in [5, 5.41) is 3.77. The molecule has 1 aromatic heterocycles. The van der Waals surface area contributed by atoms with Crippen molar-refractivity contribution in [3.05, 3.63) is 53.7 Å². The highest BCUT2D eigenvalue weighted by Crippen LogP contribution is 2.33. The molecule has 0 saturated carbocycles. The molecule has 0 spiro atoms. The number of benzene rings is 1. The first kappa shape index (κ1) is 20.4. The number of pyridine rings is 1. The van der Waals surface area contributed by atoms with Crippen molar-refractivity contribution >= 4 is 35.2 Å². The molecule has 0 atom stereocenters. The van der Waals surface area contributed by atoms with Gasteiger partial charge in [0.05, 0.1) is 18.0 Å². The number of aromatic nitrogens is 1. The van der Waals surface area contributed by atoms with E-state index in [1.54, 1.807) is 23.2 Å². The second kappa shape index (κ2) is 9.30. The van der Waals surface area contributed by atoms with Crippen LogP contribution in [0.1, 0.15) is 35.2 Å². The number of nitrogens with zero attached hydrogens (tertiary/aromatic N) is 3. The zero-order chi connectivity index (χ0) is 20.9. The van der Waals surface area contributed by atoms with Crippen LogP contribution in [0.25, 0.3) is 0 Å². The summed E-state index contributed by atoms with van der Waals surface area (Å²) in [5.41, 5.74) is 2.37.